The van der Waals surface area contributed by atoms with Crippen LogP contribution in [0.15, 0.2) is 17.3 Å². The Labute approximate surface area is 76.3 Å². The number of rotatable bonds is 1. The predicted octanol–water partition coefficient (Wildman–Crippen LogP) is 0.509. The number of hydrogen-bond donors (Lipinski definition) is 1. The molecular formula is C9H11N3O. The lowest BCUT2D eigenvalue weighted by Gasteiger charge is -2.22. The van der Waals surface area contributed by atoms with Crippen LogP contribution in [-0.2, 0) is 0 Å². The summed E-state index contributed by atoms with van der Waals surface area (Å²) >= 11 is 0. The Bertz CT molecular complexity index is 306. The van der Waals surface area contributed by atoms with Gasteiger partial charge in [-0.25, -0.2) is 4.79 Å². The summed E-state index contributed by atoms with van der Waals surface area (Å²) in [4.78, 5) is 17.5. The molecule has 0 aromatic heterocycles. The molecule has 0 spiro atoms. The second kappa shape index (κ2) is 2.34. The normalized spacial score (nSPS) is 36.3. The number of fused-ring (bicyclic) bond motifs is 1. The second-order valence-electron chi connectivity index (χ2n) is 3.74. The lowest BCUT2D eigenvalue weighted by molar-refractivity contribution is 0.207. The Morgan fingerprint density at radius 2 is 2.38 bits per heavy atom. The van der Waals surface area contributed by atoms with E-state index < -0.39 is 0 Å². The molecule has 1 N–H and O–H groups in total. The van der Waals surface area contributed by atoms with Crippen molar-refractivity contribution >= 4 is 12.2 Å². The van der Waals surface area contributed by atoms with E-state index in [4.69, 9.17) is 0 Å². The van der Waals surface area contributed by atoms with Gasteiger partial charge in [0.15, 0.2) is 0 Å². The highest BCUT2D eigenvalue weighted by Crippen LogP contribution is 2.32. The number of carbonyl (C=O) groups is 1. The zero-order chi connectivity index (χ0) is 8.84. The van der Waals surface area contributed by atoms with Gasteiger partial charge in [-0.05, 0) is 18.9 Å². The standard InChI is InChI=1S/C9H11N3O/c13-9-11-7-5-10-4-3-8(7)12(9)6-1-2-6/h3-8H,1-2H2,(H,11,13). The van der Waals surface area contributed by atoms with E-state index in [1.807, 2.05) is 17.2 Å². The van der Waals surface area contributed by atoms with Crippen molar-refractivity contribution in [2.45, 2.75) is 31.0 Å². The number of carbonyl (C=O) groups excluding carboxylic acids is 1. The van der Waals surface area contributed by atoms with Gasteiger partial charge in [0.1, 0.15) is 0 Å². The highest BCUT2D eigenvalue weighted by molar-refractivity contribution is 5.86. The Hall–Kier alpha value is -1.32. The maximum absolute atomic E-state index is 11.5. The number of nitrogens with one attached hydrogen (secondary N) is 1. The van der Waals surface area contributed by atoms with E-state index in [9.17, 15) is 4.79 Å². The van der Waals surface area contributed by atoms with Crippen molar-refractivity contribution in [3.8, 4) is 0 Å². The number of hydrogen-bond acceptors (Lipinski definition) is 2. The quantitative estimate of drug-likeness (QED) is 0.623. The average molecular weight is 177 g/mol. The molecule has 2 amide bonds. The Balaban J connectivity index is 1.90. The summed E-state index contributed by atoms with van der Waals surface area (Å²) in [5.74, 6) is 0. The number of nitrogens with zero attached hydrogens (tertiary/aromatic N) is 2. The molecule has 2 aliphatic heterocycles. The summed E-state index contributed by atoms with van der Waals surface area (Å²) in [6, 6.07) is 0.845. The number of aliphatic imine (C=N–C) groups is 1. The highest BCUT2D eigenvalue weighted by atomic mass is 16.2. The van der Waals surface area contributed by atoms with Gasteiger partial charge in [-0.3, -0.25) is 4.99 Å². The molecule has 2 unspecified atom stereocenters. The smallest absolute Gasteiger partial charge is 0.318 e. The van der Waals surface area contributed by atoms with Crippen molar-refractivity contribution in [1.82, 2.24) is 10.2 Å². The van der Waals surface area contributed by atoms with E-state index in [2.05, 4.69) is 10.3 Å². The van der Waals surface area contributed by atoms with Gasteiger partial charge in [-0.1, -0.05) is 0 Å². The van der Waals surface area contributed by atoms with Crippen LogP contribution in [0.3, 0.4) is 0 Å². The first kappa shape index (κ1) is 7.12. The summed E-state index contributed by atoms with van der Waals surface area (Å²) in [6.45, 7) is 0. The van der Waals surface area contributed by atoms with E-state index in [1.54, 1.807) is 6.20 Å². The molecule has 4 heteroatoms. The minimum absolute atomic E-state index is 0.0653. The molecule has 3 rings (SSSR count). The zero-order valence-electron chi connectivity index (χ0n) is 7.18. The third-order valence-electron chi connectivity index (χ3n) is 2.77. The molecule has 3 aliphatic rings. The number of urea groups is 1. The van der Waals surface area contributed by atoms with Crippen LogP contribution in [-0.4, -0.2) is 35.3 Å². The third kappa shape index (κ3) is 0.978. The van der Waals surface area contributed by atoms with Gasteiger partial charge in [-0.2, -0.15) is 0 Å². The van der Waals surface area contributed by atoms with Crippen molar-refractivity contribution in [3.63, 3.8) is 0 Å². The molecule has 2 atom stereocenters. The van der Waals surface area contributed by atoms with Crippen LogP contribution in [0.25, 0.3) is 0 Å². The molecule has 0 aromatic rings. The first-order valence-corrected chi connectivity index (χ1v) is 4.65. The fourth-order valence-corrected chi connectivity index (χ4v) is 1.99. The van der Waals surface area contributed by atoms with E-state index >= 15 is 0 Å². The highest BCUT2D eigenvalue weighted by Gasteiger charge is 2.45. The summed E-state index contributed by atoms with van der Waals surface area (Å²) in [6.07, 6.45) is 7.89. The van der Waals surface area contributed by atoms with Crippen molar-refractivity contribution in [3.05, 3.63) is 12.3 Å². The van der Waals surface area contributed by atoms with Crippen molar-refractivity contribution in [2.75, 3.05) is 0 Å². The Morgan fingerprint density at radius 1 is 1.54 bits per heavy atom. The fraction of sp³-hybridized carbons (Fsp3) is 0.556. The summed E-state index contributed by atoms with van der Waals surface area (Å²) in [5, 5.41) is 2.91. The van der Waals surface area contributed by atoms with Crippen LogP contribution in [0.5, 0.6) is 0 Å². The SMILES string of the molecule is O=C1NC2C=NC=CC2N1C1CC1. The van der Waals surface area contributed by atoms with Crippen LogP contribution in [0.1, 0.15) is 12.8 Å². The van der Waals surface area contributed by atoms with Gasteiger partial charge < -0.3 is 10.2 Å². The third-order valence-corrected chi connectivity index (χ3v) is 2.77. The second-order valence-corrected chi connectivity index (χ2v) is 3.74. The molecule has 2 heterocycles. The molecule has 0 radical (unpaired) electrons. The Kier molecular flexibility index (Phi) is 1.28. The van der Waals surface area contributed by atoms with Crippen LogP contribution in [0.2, 0.25) is 0 Å². The predicted molar refractivity (Wildman–Crippen MR) is 48.6 cm³/mol. The van der Waals surface area contributed by atoms with Gasteiger partial charge in [0.05, 0.1) is 12.1 Å². The monoisotopic (exact) mass is 177 g/mol. The van der Waals surface area contributed by atoms with Crippen molar-refractivity contribution < 1.29 is 4.79 Å². The van der Waals surface area contributed by atoms with Crippen molar-refractivity contribution in [2.24, 2.45) is 4.99 Å². The summed E-state index contributed by atoms with van der Waals surface area (Å²) in [7, 11) is 0. The molecule has 0 aromatic carbocycles. The minimum atomic E-state index is 0.0653. The average Bonchev–Trinajstić information content (AvgIpc) is 2.88. The lowest BCUT2D eigenvalue weighted by atomic mass is 10.1. The minimum Gasteiger partial charge on any atom is -0.328 e. The van der Waals surface area contributed by atoms with Crippen LogP contribution < -0.4 is 5.32 Å². The van der Waals surface area contributed by atoms with Gasteiger partial charge >= 0.3 is 6.03 Å². The van der Waals surface area contributed by atoms with Crippen LogP contribution in [0.4, 0.5) is 4.79 Å². The fourth-order valence-electron chi connectivity index (χ4n) is 1.99. The summed E-state index contributed by atoms with van der Waals surface area (Å²) < 4.78 is 0. The van der Waals surface area contributed by atoms with Crippen LogP contribution >= 0.6 is 0 Å². The maximum atomic E-state index is 11.5. The first-order valence-electron chi connectivity index (χ1n) is 4.65. The van der Waals surface area contributed by atoms with E-state index in [0.29, 0.717) is 6.04 Å². The zero-order valence-corrected chi connectivity index (χ0v) is 7.18. The van der Waals surface area contributed by atoms with Gasteiger partial charge in [-0.15, -0.1) is 0 Å². The molecule has 1 saturated heterocycles. The molecule has 4 nitrogen and oxygen atoms in total. The van der Waals surface area contributed by atoms with Gasteiger partial charge in [0.25, 0.3) is 0 Å². The molecule has 13 heavy (non-hydrogen) atoms. The molecule has 1 saturated carbocycles. The van der Waals surface area contributed by atoms with E-state index in [-0.39, 0.29) is 18.1 Å². The van der Waals surface area contributed by atoms with Crippen molar-refractivity contribution in [1.29, 1.82) is 0 Å². The first-order chi connectivity index (χ1) is 6.36. The molecule has 68 valence electrons. The Morgan fingerprint density at radius 3 is 3.15 bits per heavy atom. The van der Waals surface area contributed by atoms with Gasteiger partial charge in [0.2, 0.25) is 0 Å². The molecular weight excluding hydrogens is 166 g/mol. The number of amides is 2. The lowest BCUT2D eigenvalue weighted by Crippen LogP contribution is -2.38. The maximum Gasteiger partial charge on any atom is 0.318 e. The molecule has 1 aliphatic carbocycles. The summed E-state index contributed by atoms with van der Waals surface area (Å²) in [5.41, 5.74) is 0. The topological polar surface area (TPSA) is 44.7 Å². The molecule has 0 bridgehead atoms. The van der Waals surface area contributed by atoms with Gasteiger partial charge in [0, 0.05) is 18.5 Å². The largest absolute Gasteiger partial charge is 0.328 e. The molecule has 2 fully saturated rings. The van der Waals surface area contributed by atoms with Crippen LogP contribution in [0, 0.1) is 0 Å². The van der Waals surface area contributed by atoms with E-state index in [1.165, 1.54) is 0 Å². The van der Waals surface area contributed by atoms with E-state index in [0.717, 1.165) is 12.8 Å².